The number of nitrogens with zero attached hydrogens (tertiary/aromatic N) is 5. The van der Waals surface area contributed by atoms with Crippen LogP contribution < -0.4 is 0 Å². The van der Waals surface area contributed by atoms with Crippen molar-refractivity contribution in [3.8, 4) is 73.4 Å². The Hall–Kier alpha value is -9.06. The van der Waals surface area contributed by atoms with Crippen molar-refractivity contribution >= 4 is 54.3 Å². The van der Waals surface area contributed by atoms with E-state index >= 15 is 0 Å². The monoisotopic (exact) mass is 853 g/mol. The van der Waals surface area contributed by atoms with Crippen molar-refractivity contribution in [1.29, 1.82) is 0 Å². The predicted octanol–water partition coefficient (Wildman–Crippen LogP) is 15.8. The van der Waals surface area contributed by atoms with Crippen LogP contribution in [0.1, 0.15) is 0 Å². The molecule has 0 fully saturated rings. The van der Waals surface area contributed by atoms with E-state index in [1.807, 2.05) is 60.7 Å². The van der Waals surface area contributed by atoms with Gasteiger partial charge in [0, 0.05) is 60.4 Å². The molecule has 0 radical (unpaired) electrons. The zero-order valence-electron chi connectivity index (χ0n) is 36.3. The molecule has 5 nitrogen and oxygen atoms in total. The average molecular weight is 854 g/mol. The second-order valence-corrected chi connectivity index (χ2v) is 16.9. The van der Waals surface area contributed by atoms with Crippen molar-refractivity contribution < 1.29 is 0 Å². The molecule has 0 atom stereocenters. The van der Waals surface area contributed by atoms with E-state index in [-0.39, 0.29) is 0 Å². The molecule has 0 bridgehead atoms. The van der Waals surface area contributed by atoms with Crippen LogP contribution in [0.4, 0.5) is 0 Å². The van der Waals surface area contributed by atoms with Gasteiger partial charge in [0.15, 0.2) is 17.5 Å². The van der Waals surface area contributed by atoms with Crippen LogP contribution in [0.2, 0.25) is 0 Å². The van der Waals surface area contributed by atoms with Gasteiger partial charge >= 0.3 is 0 Å². The fourth-order valence-corrected chi connectivity index (χ4v) is 9.96. The van der Waals surface area contributed by atoms with Gasteiger partial charge in [0.1, 0.15) is 0 Å². The summed E-state index contributed by atoms with van der Waals surface area (Å²) < 4.78 is 2.43. The molecule has 10 aromatic carbocycles. The second kappa shape index (κ2) is 15.9. The summed E-state index contributed by atoms with van der Waals surface area (Å²) in [5, 5.41) is 8.08. The molecule has 5 heteroatoms. The highest BCUT2D eigenvalue weighted by Gasteiger charge is 2.22. The van der Waals surface area contributed by atoms with E-state index in [2.05, 4.69) is 180 Å². The van der Waals surface area contributed by atoms with Crippen molar-refractivity contribution in [2.75, 3.05) is 0 Å². The van der Waals surface area contributed by atoms with Crippen molar-refractivity contribution in [3.05, 3.63) is 237 Å². The molecule has 3 aromatic heterocycles. The third-order valence-corrected chi connectivity index (χ3v) is 13.1. The lowest BCUT2D eigenvalue weighted by Crippen LogP contribution is -2.00. The average Bonchev–Trinajstić information content (AvgIpc) is 3.75. The number of fused-ring (bicyclic) bond motifs is 8. The van der Waals surface area contributed by atoms with Crippen molar-refractivity contribution in [1.82, 2.24) is 24.5 Å². The molecular weight excluding hydrogens is 815 g/mol. The topological polar surface area (TPSA) is 56.5 Å². The summed E-state index contributed by atoms with van der Waals surface area (Å²) in [5.74, 6) is 1.92. The molecular formula is C62H39N5. The molecule has 0 N–H and O–H groups in total. The normalized spacial score (nSPS) is 11.6. The smallest absolute Gasteiger partial charge is 0.164 e. The van der Waals surface area contributed by atoms with Gasteiger partial charge in [-0.3, -0.25) is 0 Å². The van der Waals surface area contributed by atoms with Crippen molar-refractivity contribution in [3.63, 3.8) is 0 Å². The molecule has 0 aliphatic heterocycles. The lowest BCUT2D eigenvalue weighted by atomic mass is 9.92. The summed E-state index contributed by atoms with van der Waals surface area (Å²) in [7, 11) is 0. The molecule has 0 aliphatic rings. The molecule has 13 rings (SSSR count). The van der Waals surface area contributed by atoms with Crippen LogP contribution >= 0.6 is 0 Å². The number of hydrogen-bond acceptors (Lipinski definition) is 4. The van der Waals surface area contributed by atoms with Gasteiger partial charge < -0.3 is 4.57 Å². The van der Waals surface area contributed by atoms with Gasteiger partial charge in [0.25, 0.3) is 0 Å². The van der Waals surface area contributed by atoms with Gasteiger partial charge in [-0.15, -0.1) is 0 Å². The highest BCUT2D eigenvalue weighted by Crippen LogP contribution is 2.44. The highest BCUT2D eigenvalue weighted by molar-refractivity contribution is 6.28. The first-order valence-corrected chi connectivity index (χ1v) is 22.6. The van der Waals surface area contributed by atoms with Crippen LogP contribution in [0, 0.1) is 0 Å². The SMILES string of the molecule is c1ccc(-c2nc(-c3ccccc3)nc(-c3ccc(-c4ccc(-c5cccc6c5nc(-c5ccccc5)c5ccc7c8ccccc8n(-c8ccccc8)c7c56)cc4)c4ccccc34)n2)cc1. The maximum absolute atomic E-state index is 5.60. The van der Waals surface area contributed by atoms with Crippen LogP contribution in [0.5, 0.6) is 0 Å². The fraction of sp³-hybridized carbons (Fsp3) is 0. The Bertz CT molecular complexity index is 3940. The summed E-state index contributed by atoms with van der Waals surface area (Å²) in [4.78, 5) is 20.7. The molecule has 3 heterocycles. The summed E-state index contributed by atoms with van der Waals surface area (Å²) >= 11 is 0. The minimum atomic E-state index is 0.637. The first-order valence-electron chi connectivity index (χ1n) is 22.6. The lowest BCUT2D eigenvalue weighted by molar-refractivity contribution is 1.08. The van der Waals surface area contributed by atoms with Crippen LogP contribution in [0.15, 0.2) is 237 Å². The van der Waals surface area contributed by atoms with Gasteiger partial charge in [-0.05, 0) is 51.7 Å². The number of aromatic nitrogens is 5. The number of benzene rings is 10. The number of rotatable bonds is 7. The van der Waals surface area contributed by atoms with E-state index in [0.717, 1.165) is 83.0 Å². The van der Waals surface area contributed by atoms with Gasteiger partial charge in [0.05, 0.1) is 22.2 Å². The summed E-state index contributed by atoms with van der Waals surface area (Å²) in [5.41, 5.74) is 13.8. The second-order valence-electron chi connectivity index (χ2n) is 16.9. The summed E-state index contributed by atoms with van der Waals surface area (Å²) in [6.45, 7) is 0. The molecule has 312 valence electrons. The van der Waals surface area contributed by atoms with E-state index in [4.69, 9.17) is 19.9 Å². The van der Waals surface area contributed by atoms with Crippen LogP contribution in [0.25, 0.3) is 128 Å². The quantitative estimate of drug-likeness (QED) is 0.150. The molecule has 0 amide bonds. The molecule has 0 aliphatic carbocycles. The lowest BCUT2D eigenvalue weighted by Gasteiger charge is -2.16. The molecule has 67 heavy (non-hydrogen) atoms. The van der Waals surface area contributed by atoms with Crippen molar-refractivity contribution in [2.45, 2.75) is 0 Å². The maximum Gasteiger partial charge on any atom is 0.164 e. The molecule has 0 saturated carbocycles. The Balaban J connectivity index is 0.975. The largest absolute Gasteiger partial charge is 0.309 e. The third kappa shape index (κ3) is 6.47. The van der Waals surface area contributed by atoms with Gasteiger partial charge in [-0.1, -0.05) is 212 Å². The Morgan fingerprint density at radius 1 is 0.269 bits per heavy atom. The van der Waals surface area contributed by atoms with Gasteiger partial charge in [-0.2, -0.15) is 0 Å². The van der Waals surface area contributed by atoms with E-state index in [1.165, 1.54) is 27.2 Å². The summed E-state index contributed by atoms with van der Waals surface area (Å²) in [6.07, 6.45) is 0. The highest BCUT2D eigenvalue weighted by atomic mass is 15.0. The van der Waals surface area contributed by atoms with Gasteiger partial charge in [0.2, 0.25) is 0 Å². The van der Waals surface area contributed by atoms with Crippen LogP contribution in [-0.4, -0.2) is 24.5 Å². The number of pyridine rings is 1. The Morgan fingerprint density at radius 3 is 1.42 bits per heavy atom. The van der Waals surface area contributed by atoms with Crippen LogP contribution in [0.3, 0.4) is 0 Å². The van der Waals surface area contributed by atoms with Gasteiger partial charge in [-0.25, -0.2) is 19.9 Å². The third-order valence-electron chi connectivity index (χ3n) is 13.1. The Kier molecular flexibility index (Phi) is 9.10. The molecule has 0 spiro atoms. The zero-order valence-corrected chi connectivity index (χ0v) is 36.3. The minimum absolute atomic E-state index is 0.637. The van der Waals surface area contributed by atoms with E-state index < -0.39 is 0 Å². The summed E-state index contributed by atoms with van der Waals surface area (Å²) in [6, 6.07) is 83.4. The first-order chi connectivity index (χ1) is 33.2. The first kappa shape index (κ1) is 38.4. The number of para-hydroxylation sites is 3. The fourth-order valence-electron chi connectivity index (χ4n) is 9.96. The maximum atomic E-state index is 5.60. The van der Waals surface area contributed by atoms with E-state index in [0.29, 0.717) is 17.5 Å². The van der Waals surface area contributed by atoms with Crippen molar-refractivity contribution in [2.24, 2.45) is 0 Å². The predicted molar refractivity (Wildman–Crippen MR) is 277 cm³/mol. The molecule has 0 unspecified atom stereocenters. The van der Waals surface area contributed by atoms with Crippen LogP contribution in [-0.2, 0) is 0 Å². The Labute approximate surface area is 387 Å². The minimum Gasteiger partial charge on any atom is -0.309 e. The number of hydrogen-bond donors (Lipinski definition) is 0. The van der Waals surface area contributed by atoms with E-state index in [9.17, 15) is 0 Å². The standard InChI is InChI=1S/C62H39N5/c1-5-18-42(19-6-1)57-54-39-37-51-50-28-15-16-31-55(50)67(45-24-11-4-12-25-45)59(51)56(54)53-30-17-29-47(58(53)63-57)41-34-32-40(33-35-41)46-36-38-52(49-27-14-13-26-48(46)49)62-65-60(43-20-7-2-8-21-43)64-61(66-62)44-22-9-3-10-23-44/h1-39H. The zero-order chi connectivity index (χ0) is 44.3. The Morgan fingerprint density at radius 2 is 0.761 bits per heavy atom. The molecule has 0 saturated heterocycles. The van der Waals surface area contributed by atoms with E-state index in [1.54, 1.807) is 0 Å². The molecule has 13 aromatic rings.